The summed E-state index contributed by atoms with van der Waals surface area (Å²) in [5.41, 5.74) is 5.43. The van der Waals surface area contributed by atoms with Crippen molar-refractivity contribution in [3.63, 3.8) is 0 Å². The summed E-state index contributed by atoms with van der Waals surface area (Å²) in [6.07, 6.45) is 0.240. The second kappa shape index (κ2) is 7.38. The number of amides is 1. The largest absolute Gasteiger partial charge is 0.480 e. The van der Waals surface area contributed by atoms with Gasteiger partial charge in [0.2, 0.25) is 0 Å². The first-order valence-corrected chi connectivity index (χ1v) is 7.03. The van der Waals surface area contributed by atoms with Crippen LogP contribution in [0.15, 0.2) is 60.7 Å². The molecule has 0 bridgehead atoms. The zero-order chi connectivity index (χ0) is 15.9. The van der Waals surface area contributed by atoms with Crippen LogP contribution in [0.5, 0.6) is 0 Å². The third-order valence-corrected chi connectivity index (χ3v) is 3.42. The molecule has 0 saturated heterocycles. The Labute approximate surface area is 128 Å². The minimum Gasteiger partial charge on any atom is -0.480 e. The molecule has 2 atom stereocenters. The van der Waals surface area contributed by atoms with Gasteiger partial charge in [-0.15, -0.1) is 0 Å². The van der Waals surface area contributed by atoms with Crippen molar-refractivity contribution in [3.8, 4) is 0 Å². The molecule has 2 aromatic carbocycles. The molecule has 2 rings (SSSR count). The van der Waals surface area contributed by atoms with E-state index in [4.69, 9.17) is 0 Å². The van der Waals surface area contributed by atoms with Crippen molar-refractivity contribution >= 4 is 11.9 Å². The first-order valence-electron chi connectivity index (χ1n) is 7.03. The smallest absolute Gasteiger partial charge is 0.326 e. The van der Waals surface area contributed by atoms with E-state index >= 15 is 0 Å². The number of nitrogens with one attached hydrogen (secondary N) is 1. The van der Waals surface area contributed by atoms with E-state index in [2.05, 4.69) is 11.1 Å². The van der Waals surface area contributed by atoms with Crippen molar-refractivity contribution in [3.05, 3.63) is 71.8 Å². The highest BCUT2D eigenvalue weighted by molar-refractivity contribution is 5.86. The Morgan fingerprint density at radius 2 is 1.55 bits per heavy atom. The van der Waals surface area contributed by atoms with Crippen LogP contribution in [0.25, 0.3) is 0 Å². The lowest BCUT2D eigenvalue weighted by Gasteiger charge is -2.16. The Morgan fingerprint density at radius 1 is 1.00 bits per heavy atom. The van der Waals surface area contributed by atoms with Crippen molar-refractivity contribution in [1.29, 1.82) is 0 Å². The monoisotopic (exact) mass is 299 g/mol. The highest BCUT2D eigenvalue weighted by Crippen LogP contribution is 2.09. The molecule has 114 valence electrons. The molecule has 0 aliphatic carbocycles. The standard InChI is InChI=1S/C17H18N2O3/c18-15(13-9-5-2-6-10-13)16(20)19-14(17(21)22)11-12-7-3-1-4-8-12/h1-10,14-15H,11,18H2,(H,19,20)(H,21,22)/p+1/t14-,15+/m0/s1. The SMILES string of the molecule is [NH3+][C@@H](C(=O)N[C@@H](Cc1ccccc1)C(=O)O)c1ccccc1. The second-order valence-electron chi connectivity index (χ2n) is 5.05. The third-order valence-electron chi connectivity index (χ3n) is 3.42. The first kappa shape index (κ1) is 15.7. The zero-order valence-corrected chi connectivity index (χ0v) is 12.1. The highest BCUT2D eigenvalue weighted by atomic mass is 16.4. The molecule has 0 heterocycles. The van der Waals surface area contributed by atoms with Crippen LogP contribution >= 0.6 is 0 Å². The van der Waals surface area contributed by atoms with Gasteiger partial charge in [-0.3, -0.25) is 4.79 Å². The van der Waals surface area contributed by atoms with Gasteiger partial charge in [0, 0.05) is 12.0 Å². The maximum Gasteiger partial charge on any atom is 0.326 e. The van der Waals surface area contributed by atoms with E-state index < -0.39 is 24.0 Å². The van der Waals surface area contributed by atoms with Gasteiger partial charge < -0.3 is 16.2 Å². The molecule has 0 fully saturated rings. The number of aliphatic carboxylic acids is 1. The van der Waals surface area contributed by atoms with Gasteiger partial charge in [-0.2, -0.15) is 0 Å². The third kappa shape index (κ3) is 4.17. The fourth-order valence-electron chi connectivity index (χ4n) is 2.16. The van der Waals surface area contributed by atoms with E-state index in [1.807, 2.05) is 48.5 Å². The van der Waals surface area contributed by atoms with Crippen LogP contribution in [-0.4, -0.2) is 23.0 Å². The van der Waals surface area contributed by atoms with Crippen LogP contribution in [0.2, 0.25) is 0 Å². The predicted molar refractivity (Wildman–Crippen MR) is 81.8 cm³/mol. The van der Waals surface area contributed by atoms with Gasteiger partial charge in [-0.25, -0.2) is 4.79 Å². The number of benzene rings is 2. The molecule has 5 nitrogen and oxygen atoms in total. The maximum atomic E-state index is 12.2. The number of carboxylic acids is 1. The summed E-state index contributed by atoms with van der Waals surface area (Å²) in [5, 5.41) is 11.9. The normalized spacial score (nSPS) is 13.1. The number of hydrogen-bond donors (Lipinski definition) is 3. The summed E-state index contributed by atoms with van der Waals surface area (Å²) < 4.78 is 0. The Kier molecular flexibility index (Phi) is 5.27. The maximum absolute atomic E-state index is 12.2. The molecule has 1 amide bonds. The number of quaternary nitrogens is 1. The number of carboxylic acid groups (broad SMARTS) is 1. The van der Waals surface area contributed by atoms with Gasteiger partial charge >= 0.3 is 5.97 Å². The zero-order valence-electron chi connectivity index (χ0n) is 12.1. The Bertz CT molecular complexity index is 629. The average Bonchev–Trinajstić information content (AvgIpc) is 2.55. The molecule has 0 unspecified atom stereocenters. The van der Waals surface area contributed by atoms with Crippen molar-refractivity contribution in [2.24, 2.45) is 0 Å². The van der Waals surface area contributed by atoms with Crippen molar-refractivity contribution in [2.45, 2.75) is 18.5 Å². The lowest BCUT2D eigenvalue weighted by atomic mass is 10.0. The van der Waals surface area contributed by atoms with Crippen LogP contribution < -0.4 is 11.1 Å². The predicted octanol–water partition coefficient (Wildman–Crippen LogP) is 0.782. The minimum absolute atomic E-state index is 0.240. The molecule has 5 N–H and O–H groups in total. The summed E-state index contributed by atoms with van der Waals surface area (Å²) in [5.74, 6) is -1.45. The van der Waals surface area contributed by atoms with Gasteiger partial charge in [0.25, 0.3) is 5.91 Å². The highest BCUT2D eigenvalue weighted by Gasteiger charge is 2.26. The summed E-state index contributed by atoms with van der Waals surface area (Å²) in [6, 6.07) is 16.7. The molecule has 0 spiro atoms. The second-order valence-corrected chi connectivity index (χ2v) is 5.05. The fourth-order valence-corrected chi connectivity index (χ4v) is 2.16. The van der Waals surface area contributed by atoms with E-state index in [9.17, 15) is 14.7 Å². The van der Waals surface area contributed by atoms with Crippen LogP contribution in [0.4, 0.5) is 0 Å². The van der Waals surface area contributed by atoms with E-state index in [0.717, 1.165) is 11.1 Å². The van der Waals surface area contributed by atoms with E-state index in [1.54, 1.807) is 12.1 Å². The Morgan fingerprint density at radius 3 is 2.09 bits per heavy atom. The van der Waals surface area contributed by atoms with Gasteiger partial charge in [0.05, 0.1) is 0 Å². The van der Waals surface area contributed by atoms with Crippen molar-refractivity contribution < 1.29 is 20.4 Å². The molecule has 0 aromatic heterocycles. The van der Waals surface area contributed by atoms with Gasteiger partial charge in [0.1, 0.15) is 6.04 Å². The molecular formula is C17H19N2O3+. The molecule has 5 heteroatoms. The van der Waals surface area contributed by atoms with Gasteiger partial charge in [0.15, 0.2) is 6.04 Å². The average molecular weight is 299 g/mol. The number of rotatable bonds is 6. The Balaban J connectivity index is 2.04. The fraction of sp³-hybridized carbons (Fsp3) is 0.176. The molecule has 22 heavy (non-hydrogen) atoms. The van der Waals surface area contributed by atoms with Gasteiger partial charge in [-0.05, 0) is 5.56 Å². The number of hydrogen-bond acceptors (Lipinski definition) is 2. The topological polar surface area (TPSA) is 94.0 Å². The minimum atomic E-state index is -1.06. The summed E-state index contributed by atoms with van der Waals surface area (Å²) in [6.45, 7) is 0. The lowest BCUT2D eigenvalue weighted by molar-refractivity contribution is -0.409. The summed E-state index contributed by atoms with van der Waals surface area (Å²) in [7, 11) is 0. The first-order chi connectivity index (χ1) is 10.6. The molecule has 2 aromatic rings. The molecule has 0 aliphatic rings. The lowest BCUT2D eigenvalue weighted by Crippen LogP contribution is -2.62. The van der Waals surface area contributed by atoms with Crippen LogP contribution in [0.1, 0.15) is 17.2 Å². The van der Waals surface area contributed by atoms with E-state index in [-0.39, 0.29) is 6.42 Å². The van der Waals surface area contributed by atoms with Crippen LogP contribution in [-0.2, 0) is 16.0 Å². The van der Waals surface area contributed by atoms with Crippen molar-refractivity contribution in [1.82, 2.24) is 5.32 Å². The van der Waals surface area contributed by atoms with Crippen LogP contribution in [0, 0.1) is 0 Å². The molecular weight excluding hydrogens is 280 g/mol. The van der Waals surface area contributed by atoms with Crippen LogP contribution in [0.3, 0.4) is 0 Å². The van der Waals surface area contributed by atoms with Crippen molar-refractivity contribution in [2.75, 3.05) is 0 Å². The van der Waals surface area contributed by atoms with E-state index in [0.29, 0.717) is 0 Å². The molecule has 0 radical (unpaired) electrons. The molecule has 0 saturated carbocycles. The number of carbonyl (C=O) groups excluding carboxylic acids is 1. The van der Waals surface area contributed by atoms with Gasteiger partial charge in [-0.1, -0.05) is 60.7 Å². The Hall–Kier alpha value is -2.66. The molecule has 0 aliphatic heterocycles. The number of carbonyl (C=O) groups is 2. The summed E-state index contributed by atoms with van der Waals surface area (Å²) >= 11 is 0. The quantitative estimate of drug-likeness (QED) is 0.736. The van der Waals surface area contributed by atoms with E-state index in [1.165, 1.54) is 0 Å². The summed E-state index contributed by atoms with van der Waals surface area (Å²) in [4.78, 5) is 23.6.